The Hall–Kier alpha value is -2.29. The summed E-state index contributed by atoms with van der Waals surface area (Å²) in [7, 11) is 0. The van der Waals surface area contributed by atoms with Crippen LogP contribution in [-0.2, 0) is 12.8 Å². The van der Waals surface area contributed by atoms with Crippen LogP contribution >= 0.6 is 0 Å². The number of nitrogen functional groups attached to an aromatic ring is 1. The van der Waals surface area contributed by atoms with Gasteiger partial charge >= 0.3 is 0 Å². The normalized spacial score (nSPS) is 14.2. The molecule has 3 heteroatoms. The molecule has 2 aromatic heterocycles. The molecule has 0 bridgehead atoms. The molecule has 0 aliphatic heterocycles. The molecule has 23 heavy (non-hydrogen) atoms. The van der Waals surface area contributed by atoms with E-state index in [-0.39, 0.29) is 0 Å². The van der Waals surface area contributed by atoms with Gasteiger partial charge in [-0.15, -0.1) is 0 Å². The third-order valence-corrected chi connectivity index (χ3v) is 5.14. The Labute approximate surface area is 137 Å². The molecular formula is C20H23N3. The zero-order valence-corrected chi connectivity index (χ0v) is 14.1. The summed E-state index contributed by atoms with van der Waals surface area (Å²) >= 11 is 0. The predicted molar refractivity (Wildman–Crippen MR) is 96.3 cm³/mol. The van der Waals surface area contributed by atoms with Gasteiger partial charge in [-0.25, -0.2) is 4.98 Å². The molecule has 0 radical (unpaired) electrons. The smallest absolute Gasteiger partial charge is 0.145 e. The fourth-order valence-corrected chi connectivity index (χ4v) is 3.95. The molecule has 0 spiro atoms. The van der Waals surface area contributed by atoms with Crippen LogP contribution < -0.4 is 5.73 Å². The lowest BCUT2D eigenvalue weighted by Gasteiger charge is -2.19. The van der Waals surface area contributed by atoms with E-state index in [9.17, 15) is 0 Å². The van der Waals surface area contributed by atoms with Gasteiger partial charge in [0.15, 0.2) is 0 Å². The number of aryl methyl sites for hydroxylation is 4. The highest BCUT2D eigenvalue weighted by molar-refractivity contribution is 5.88. The average molecular weight is 305 g/mol. The van der Waals surface area contributed by atoms with Gasteiger partial charge in [0.25, 0.3) is 0 Å². The van der Waals surface area contributed by atoms with E-state index in [4.69, 9.17) is 10.7 Å². The van der Waals surface area contributed by atoms with Gasteiger partial charge in [0.2, 0.25) is 0 Å². The fourth-order valence-electron chi connectivity index (χ4n) is 3.95. The highest BCUT2D eigenvalue weighted by atomic mass is 15.1. The van der Waals surface area contributed by atoms with Crippen LogP contribution in [0.2, 0.25) is 0 Å². The van der Waals surface area contributed by atoms with Crippen molar-refractivity contribution in [2.24, 2.45) is 0 Å². The van der Waals surface area contributed by atoms with Crippen molar-refractivity contribution in [1.82, 2.24) is 9.55 Å². The first-order chi connectivity index (χ1) is 11.1. The molecule has 3 nitrogen and oxygen atoms in total. The number of aromatic nitrogens is 2. The monoisotopic (exact) mass is 305 g/mol. The van der Waals surface area contributed by atoms with E-state index in [0.717, 1.165) is 29.9 Å². The summed E-state index contributed by atoms with van der Waals surface area (Å²) in [5.74, 6) is 0. The highest BCUT2D eigenvalue weighted by Gasteiger charge is 2.23. The van der Waals surface area contributed by atoms with Crippen LogP contribution in [0.15, 0.2) is 24.3 Å². The van der Waals surface area contributed by atoms with Crippen LogP contribution in [0.25, 0.3) is 16.7 Å². The SMILES string of the molecule is Cc1cccc(C)c1-n1c2c(c3cc(N)c(C)nc31)CCCC2. The topological polar surface area (TPSA) is 43.8 Å². The molecular weight excluding hydrogens is 282 g/mol. The minimum absolute atomic E-state index is 0.796. The highest BCUT2D eigenvalue weighted by Crippen LogP contribution is 2.36. The van der Waals surface area contributed by atoms with Crippen LogP contribution in [0.5, 0.6) is 0 Å². The lowest BCUT2D eigenvalue weighted by Crippen LogP contribution is -2.09. The van der Waals surface area contributed by atoms with E-state index in [1.165, 1.54) is 46.3 Å². The van der Waals surface area contributed by atoms with Crippen LogP contribution in [-0.4, -0.2) is 9.55 Å². The van der Waals surface area contributed by atoms with Crippen molar-refractivity contribution < 1.29 is 0 Å². The minimum Gasteiger partial charge on any atom is -0.397 e. The van der Waals surface area contributed by atoms with Gasteiger partial charge in [-0.1, -0.05) is 18.2 Å². The Balaban J connectivity index is 2.16. The Kier molecular flexibility index (Phi) is 3.19. The summed E-state index contributed by atoms with van der Waals surface area (Å²) in [6.07, 6.45) is 4.77. The Morgan fingerprint density at radius 1 is 1.04 bits per heavy atom. The maximum atomic E-state index is 6.16. The van der Waals surface area contributed by atoms with E-state index >= 15 is 0 Å². The standard InChI is InChI=1S/C20H23N3/c1-12-7-6-8-13(2)19(12)23-18-10-5-4-9-15(18)16-11-17(21)14(3)22-20(16)23/h6-8,11H,4-5,9-10,21H2,1-3H3. The van der Waals surface area contributed by atoms with Crippen molar-refractivity contribution in [3.8, 4) is 5.69 Å². The van der Waals surface area contributed by atoms with Gasteiger partial charge < -0.3 is 5.73 Å². The molecule has 0 saturated heterocycles. The number of hydrogen-bond donors (Lipinski definition) is 1. The summed E-state index contributed by atoms with van der Waals surface area (Å²) in [6, 6.07) is 8.63. The van der Waals surface area contributed by atoms with Crippen molar-refractivity contribution in [2.45, 2.75) is 46.5 Å². The molecule has 0 saturated carbocycles. The first-order valence-corrected chi connectivity index (χ1v) is 8.44. The Bertz CT molecular complexity index is 898. The summed E-state index contributed by atoms with van der Waals surface area (Å²) in [4.78, 5) is 4.88. The first-order valence-electron chi connectivity index (χ1n) is 8.44. The maximum Gasteiger partial charge on any atom is 0.145 e. The zero-order valence-electron chi connectivity index (χ0n) is 14.1. The van der Waals surface area contributed by atoms with E-state index in [0.29, 0.717) is 0 Å². The zero-order chi connectivity index (χ0) is 16.1. The van der Waals surface area contributed by atoms with Gasteiger partial charge in [-0.3, -0.25) is 4.57 Å². The van der Waals surface area contributed by atoms with E-state index in [2.05, 4.69) is 42.7 Å². The van der Waals surface area contributed by atoms with Crippen molar-refractivity contribution in [1.29, 1.82) is 0 Å². The molecule has 118 valence electrons. The Morgan fingerprint density at radius 3 is 2.48 bits per heavy atom. The minimum atomic E-state index is 0.796. The molecule has 1 aliphatic rings. The molecule has 0 atom stereocenters. The molecule has 1 aromatic carbocycles. The fraction of sp³-hybridized carbons (Fsp3) is 0.350. The van der Waals surface area contributed by atoms with E-state index in [1.807, 2.05) is 6.92 Å². The third-order valence-electron chi connectivity index (χ3n) is 5.14. The van der Waals surface area contributed by atoms with Gasteiger partial charge in [0, 0.05) is 11.1 Å². The van der Waals surface area contributed by atoms with Crippen molar-refractivity contribution in [3.05, 3.63) is 52.3 Å². The van der Waals surface area contributed by atoms with Crippen LogP contribution in [0, 0.1) is 20.8 Å². The number of fused-ring (bicyclic) bond motifs is 3. The van der Waals surface area contributed by atoms with Gasteiger partial charge in [-0.05, 0) is 69.2 Å². The largest absolute Gasteiger partial charge is 0.397 e. The number of nitrogens with zero attached hydrogens (tertiary/aromatic N) is 2. The van der Waals surface area contributed by atoms with Crippen LogP contribution in [0.1, 0.15) is 40.9 Å². The molecule has 2 N–H and O–H groups in total. The second-order valence-electron chi connectivity index (χ2n) is 6.74. The number of hydrogen-bond acceptors (Lipinski definition) is 2. The second-order valence-corrected chi connectivity index (χ2v) is 6.74. The number of anilines is 1. The number of nitrogens with two attached hydrogens (primary N) is 1. The molecule has 2 heterocycles. The summed E-state index contributed by atoms with van der Waals surface area (Å²) in [5, 5.41) is 1.24. The van der Waals surface area contributed by atoms with E-state index < -0.39 is 0 Å². The summed E-state index contributed by atoms with van der Waals surface area (Å²) in [5.41, 5.74) is 15.7. The van der Waals surface area contributed by atoms with Crippen molar-refractivity contribution in [3.63, 3.8) is 0 Å². The number of benzene rings is 1. The maximum absolute atomic E-state index is 6.16. The van der Waals surface area contributed by atoms with Crippen molar-refractivity contribution in [2.75, 3.05) is 5.73 Å². The number of rotatable bonds is 1. The molecule has 0 amide bonds. The van der Waals surface area contributed by atoms with Gasteiger partial charge in [0.1, 0.15) is 5.65 Å². The van der Waals surface area contributed by atoms with Gasteiger partial charge in [0.05, 0.1) is 17.1 Å². The number of pyridine rings is 1. The second kappa shape index (κ2) is 5.12. The molecule has 4 rings (SSSR count). The number of para-hydroxylation sites is 1. The Morgan fingerprint density at radius 2 is 1.74 bits per heavy atom. The molecule has 0 unspecified atom stereocenters. The summed E-state index contributed by atoms with van der Waals surface area (Å²) < 4.78 is 2.40. The molecule has 0 fully saturated rings. The van der Waals surface area contributed by atoms with E-state index in [1.54, 1.807) is 0 Å². The van der Waals surface area contributed by atoms with Crippen LogP contribution in [0.3, 0.4) is 0 Å². The molecule has 3 aromatic rings. The lowest BCUT2D eigenvalue weighted by molar-refractivity contribution is 0.665. The lowest BCUT2D eigenvalue weighted by atomic mass is 9.95. The summed E-state index contributed by atoms with van der Waals surface area (Å²) in [6.45, 7) is 6.37. The average Bonchev–Trinajstić information content (AvgIpc) is 2.82. The molecule has 1 aliphatic carbocycles. The quantitative estimate of drug-likeness (QED) is 0.723. The predicted octanol–water partition coefficient (Wildman–Crippen LogP) is 4.41. The van der Waals surface area contributed by atoms with Crippen molar-refractivity contribution >= 4 is 16.7 Å². The first kappa shape index (κ1) is 14.3. The van der Waals surface area contributed by atoms with Crippen LogP contribution in [0.4, 0.5) is 5.69 Å². The third kappa shape index (κ3) is 2.07. The van der Waals surface area contributed by atoms with Gasteiger partial charge in [-0.2, -0.15) is 0 Å².